The number of para-hydroxylation sites is 2. The van der Waals surface area contributed by atoms with E-state index in [1.165, 1.54) is 120 Å². The average molecular weight is 824 g/mol. The van der Waals surface area contributed by atoms with Gasteiger partial charge in [-0.15, -0.1) is 0 Å². The van der Waals surface area contributed by atoms with Gasteiger partial charge in [-0.1, -0.05) is 224 Å². The van der Waals surface area contributed by atoms with E-state index in [9.17, 15) is 0 Å². The molecule has 0 radical (unpaired) electrons. The molecule has 1 heterocycles. The Hall–Kier alpha value is -8.52. The number of benzene rings is 12. The van der Waals surface area contributed by atoms with E-state index in [0.717, 1.165) is 5.69 Å². The first-order valence-electron chi connectivity index (χ1n) is 22.5. The van der Waals surface area contributed by atoms with Crippen molar-refractivity contribution in [1.29, 1.82) is 0 Å². The van der Waals surface area contributed by atoms with Crippen molar-refractivity contribution >= 4 is 87.8 Å². The molecule has 13 rings (SSSR count). The van der Waals surface area contributed by atoms with Crippen molar-refractivity contribution < 1.29 is 0 Å². The van der Waals surface area contributed by atoms with Crippen LogP contribution in [0.4, 0.5) is 0 Å². The molecule has 13 aromatic rings. The van der Waals surface area contributed by atoms with Gasteiger partial charge in [0.2, 0.25) is 0 Å². The zero-order valence-electron chi connectivity index (χ0n) is 35.6. The molecule has 0 spiro atoms. The normalized spacial score (nSPS) is 11.9. The van der Waals surface area contributed by atoms with Gasteiger partial charge in [-0.25, -0.2) is 0 Å². The second-order valence-electron chi connectivity index (χ2n) is 17.1. The van der Waals surface area contributed by atoms with Crippen LogP contribution >= 0.6 is 0 Å². The van der Waals surface area contributed by atoms with Crippen LogP contribution in [0.15, 0.2) is 237 Å². The Balaban J connectivity index is 0.929. The molecule has 65 heavy (non-hydrogen) atoms. The van der Waals surface area contributed by atoms with E-state index >= 15 is 0 Å². The maximum atomic E-state index is 2.39. The van der Waals surface area contributed by atoms with Crippen molar-refractivity contribution in [3.63, 3.8) is 0 Å². The van der Waals surface area contributed by atoms with Gasteiger partial charge in [-0.3, -0.25) is 0 Å². The summed E-state index contributed by atoms with van der Waals surface area (Å²) in [6.07, 6.45) is 4.59. The maximum absolute atomic E-state index is 2.39. The molecule has 302 valence electrons. The lowest BCUT2D eigenvalue weighted by Crippen LogP contribution is -1.95. The van der Waals surface area contributed by atoms with Gasteiger partial charge in [0, 0.05) is 16.5 Å². The van der Waals surface area contributed by atoms with Crippen LogP contribution in [0.1, 0.15) is 11.1 Å². The second kappa shape index (κ2) is 15.1. The lowest BCUT2D eigenvalue weighted by molar-refractivity contribution is 1.18. The molecule has 0 aliphatic rings. The molecule has 0 aliphatic carbocycles. The summed E-state index contributed by atoms with van der Waals surface area (Å²) in [5.41, 5.74) is 13.5. The summed E-state index contributed by atoms with van der Waals surface area (Å²) in [5, 5.41) is 15.0. The number of rotatable bonds is 6. The minimum Gasteiger partial charge on any atom is -0.309 e. The fraction of sp³-hybridized carbons (Fsp3) is 0. The van der Waals surface area contributed by atoms with E-state index in [1.807, 2.05) is 0 Å². The minimum atomic E-state index is 1.16. The molecule has 0 amide bonds. The fourth-order valence-electron chi connectivity index (χ4n) is 10.7. The molecule has 0 saturated heterocycles. The Morgan fingerprint density at radius 3 is 1.22 bits per heavy atom. The third kappa shape index (κ3) is 5.94. The van der Waals surface area contributed by atoms with E-state index in [1.54, 1.807) is 0 Å². The van der Waals surface area contributed by atoms with Gasteiger partial charge >= 0.3 is 0 Å². The molecule has 0 bridgehead atoms. The van der Waals surface area contributed by atoms with Crippen LogP contribution < -0.4 is 0 Å². The van der Waals surface area contributed by atoms with E-state index in [-0.39, 0.29) is 0 Å². The molecular formula is C64H41N. The standard InChI is InChI=1S/C64H41N/c1-2-18-47-42(16-1)17-15-29-51(47)53-40-36-43(48-19-3-5-21-50(48)53)32-33-44-37-41-60(52-22-6-4-20-49(44)52)64-58-27-9-7-25-56(58)63(57-26-8-10-28-59(57)64)45-34-38-46(39-35-45)65-61-30-13-11-23-54(61)55-24-12-14-31-62(55)65/h1-41H/b33-32+. The fourth-order valence-corrected chi connectivity index (χ4v) is 10.7. The highest BCUT2D eigenvalue weighted by molar-refractivity contribution is 6.24. The van der Waals surface area contributed by atoms with Gasteiger partial charge in [0.25, 0.3) is 0 Å². The van der Waals surface area contributed by atoms with E-state index in [0.29, 0.717) is 0 Å². The molecule has 0 atom stereocenters. The zero-order valence-corrected chi connectivity index (χ0v) is 35.6. The van der Waals surface area contributed by atoms with Crippen molar-refractivity contribution in [3.8, 4) is 39.1 Å². The number of nitrogens with zero attached hydrogens (tertiary/aromatic N) is 1. The molecule has 0 fully saturated rings. The van der Waals surface area contributed by atoms with Crippen LogP contribution in [0.2, 0.25) is 0 Å². The second-order valence-corrected chi connectivity index (χ2v) is 17.1. The lowest BCUT2D eigenvalue weighted by atomic mass is 9.84. The number of aromatic nitrogens is 1. The van der Waals surface area contributed by atoms with Gasteiger partial charge in [0.05, 0.1) is 11.0 Å². The van der Waals surface area contributed by atoms with E-state index in [2.05, 4.69) is 253 Å². The summed E-state index contributed by atoms with van der Waals surface area (Å²) < 4.78 is 2.39. The highest BCUT2D eigenvalue weighted by Crippen LogP contribution is 2.46. The first-order chi connectivity index (χ1) is 32.3. The Morgan fingerprint density at radius 1 is 0.246 bits per heavy atom. The van der Waals surface area contributed by atoms with Crippen LogP contribution in [0, 0.1) is 0 Å². The molecule has 1 aromatic heterocycles. The molecule has 12 aromatic carbocycles. The highest BCUT2D eigenvalue weighted by atomic mass is 15.0. The third-order valence-corrected chi connectivity index (χ3v) is 13.6. The Bertz CT molecular complexity index is 3940. The largest absolute Gasteiger partial charge is 0.309 e. The number of fused-ring (bicyclic) bond motifs is 8. The lowest BCUT2D eigenvalue weighted by Gasteiger charge is -2.19. The minimum absolute atomic E-state index is 1.16. The first kappa shape index (κ1) is 37.1. The summed E-state index contributed by atoms with van der Waals surface area (Å²) in [6.45, 7) is 0. The monoisotopic (exact) mass is 823 g/mol. The van der Waals surface area contributed by atoms with Crippen LogP contribution in [-0.4, -0.2) is 4.57 Å². The predicted molar refractivity (Wildman–Crippen MR) is 280 cm³/mol. The SMILES string of the molecule is C(=C\c1ccc(-c2c3ccccc3c(-c3ccc(-n4c5ccccc5c5ccccc54)cc3)c3ccccc23)c2ccccc12)/c1ccc(-c2cccc3ccccc23)c2ccccc12. The third-order valence-electron chi connectivity index (χ3n) is 13.6. The molecule has 1 nitrogen and oxygen atoms in total. The summed E-state index contributed by atoms with van der Waals surface area (Å²) >= 11 is 0. The van der Waals surface area contributed by atoms with Gasteiger partial charge in [0.15, 0.2) is 0 Å². The van der Waals surface area contributed by atoms with Gasteiger partial charge in [-0.05, 0) is 123 Å². The molecule has 1 heteroatoms. The van der Waals surface area contributed by atoms with E-state index in [4.69, 9.17) is 0 Å². The summed E-state index contributed by atoms with van der Waals surface area (Å²) in [4.78, 5) is 0. The van der Waals surface area contributed by atoms with Gasteiger partial charge < -0.3 is 4.57 Å². The number of hydrogen-bond donors (Lipinski definition) is 0. The van der Waals surface area contributed by atoms with Crippen molar-refractivity contribution in [2.24, 2.45) is 0 Å². The van der Waals surface area contributed by atoms with Crippen molar-refractivity contribution in [2.45, 2.75) is 0 Å². The van der Waals surface area contributed by atoms with Crippen molar-refractivity contribution in [1.82, 2.24) is 4.57 Å². The van der Waals surface area contributed by atoms with Gasteiger partial charge in [0.1, 0.15) is 0 Å². The van der Waals surface area contributed by atoms with Crippen LogP contribution in [0.25, 0.3) is 127 Å². The quantitative estimate of drug-likeness (QED) is 0.116. The molecule has 0 saturated carbocycles. The summed E-state index contributed by atoms with van der Waals surface area (Å²) in [7, 11) is 0. The predicted octanol–water partition coefficient (Wildman–Crippen LogP) is 17.7. The molecule has 0 N–H and O–H groups in total. The van der Waals surface area contributed by atoms with Gasteiger partial charge in [-0.2, -0.15) is 0 Å². The van der Waals surface area contributed by atoms with Crippen LogP contribution in [0.3, 0.4) is 0 Å². The molecule has 0 aliphatic heterocycles. The van der Waals surface area contributed by atoms with Crippen LogP contribution in [0.5, 0.6) is 0 Å². The summed E-state index contributed by atoms with van der Waals surface area (Å²) in [6, 6.07) is 86.8. The average Bonchev–Trinajstić information content (AvgIpc) is 3.71. The number of hydrogen-bond acceptors (Lipinski definition) is 0. The first-order valence-corrected chi connectivity index (χ1v) is 22.5. The van der Waals surface area contributed by atoms with Crippen molar-refractivity contribution in [2.75, 3.05) is 0 Å². The highest BCUT2D eigenvalue weighted by Gasteiger charge is 2.19. The molecular weight excluding hydrogens is 783 g/mol. The topological polar surface area (TPSA) is 4.93 Å². The zero-order chi connectivity index (χ0) is 42.8. The van der Waals surface area contributed by atoms with Crippen molar-refractivity contribution in [3.05, 3.63) is 248 Å². The van der Waals surface area contributed by atoms with E-state index < -0.39 is 0 Å². The molecule has 0 unspecified atom stereocenters. The maximum Gasteiger partial charge on any atom is 0.0541 e. The van der Waals surface area contributed by atoms with Crippen LogP contribution in [-0.2, 0) is 0 Å². The summed E-state index contributed by atoms with van der Waals surface area (Å²) in [5.74, 6) is 0. The Kier molecular flexibility index (Phi) is 8.60. The Labute approximate surface area is 377 Å². The Morgan fingerprint density at radius 2 is 0.646 bits per heavy atom. The smallest absolute Gasteiger partial charge is 0.0541 e.